The Hall–Kier alpha value is 3.40. The first-order valence-electron chi connectivity index (χ1n) is 4.82. The van der Waals surface area contributed by atoms with E-state index in [-0.39, 0.29) is 126 Å². The fourth-order valence-electron chi connectivity index (χ4n) is 0. The number of rotatable bonds is 0. The van der Waals surface area contributed by atoms with Crippen LogP contribution in [-0.2, 0) is 70.2 Å². The molecular weight excluding hydrogens is 476 g/mol. The maximum absolute atomic E-state index is 10.1. The van der Waals surface area contributed by atoms with Gasteiger partial charge in [0.2, 0.25) is 5.91 Å². The van der Waals surface area contributed by atoms with Gasteiger partial charge < -0.3 is 19.8 Å². The van der Waals surface area contributed by atoms with Gasteiger partial charge in [0.1, 0.15) is 0 Å². The van der Waals surface area contributed by atoms with E-state index >= 15 is 0 Å². The summed E-state index contributed by atoms with van der Waals surface area (Å²) in [5.41, 5.74) is 0. The van der Waals surface area contributed by atoms with Crippen LogP contribution in [0, 0.1) is 14.9 Å². The molecule has 0 aliphatic carbocycles. The summed E-state index contributed by atoms with van der Waals surface area (Å²) in [5.74, 6) is 0.0926. The number of carbonyl (C=O) groups excluding carboxylic acids is 1. The average molecular weight is 521 g/mol. The summed E-state index contributed by atoms with van der Waals surface area (Å²) >= 11 is 0. The molecule has 0 saturated carbocycles. The van der Waals surface area contributed by atoms with Crippen LogP contribution < -0.4 is 0 Å². The molecule has 0 N–H and O–H groups in total. The molecule has 0 saturated heterocycles. The van der Waals surface area contributed by atoms with Crippen molar-refractivity contribution in [1.82, 2.24) is 4.90 Å². The molecule has 4 unspecified atom stereocenters. The molecular formula is C12H45NOP4Y2-2. The minimum absolute atomic E-state index is 0. The van der Waals surface area contributed by atoms with Gasteiger partial charge in [0.15, 0.2) is 0 Å². The van der Waals surface area contributed by atoms with Crippen LogP contribution >= 0.6 is 39.6 Å². The van der Waals surface area contributed by atoms with E-state index in [1.54, 1.807) is 14.1 Å². The van der Waals surface area contributed by atoms with Crippen LogP contribution in [0.1, 0.15) is 48.5 Å². The molecule has 1 amide bonds. The summed E-state index contributed by atoms with van der Waals surface area (Å²) in [6.07, 6.45) is 0. The van der Waals surface area contributed by atoms with Gasteiger partial charge in [-0.15, -0.1) is 0 Å². The summed E-state index contributed by atoms with van der Waals surface area (Å²) in [5, 5.41) is 0. The average Bonchev–Trinajstić information content (AvgIpc) is 2.14. The molecule has 0 aromatic heterocycles. The molecule has 20 heavy (non-hydrogen) atoms. The number of hydrogen-bond donors (Lipinski definition) is 0. The molecule has 0 spiro atoms. The molecule has 0 rings (SSSR count). The van der Waals surface area contributed by atoms with Crippen molar-refractivity contribution < 1.29 is 70.2 Å². The molecule has 0 bridgehead atoms. The zero-order chi connectivity index (χ0) is 11.2. The third-order valence-corrected chi connectivity index (χ3v) is 0.630. The van der Waals surface area contributed by atoms with Crippen LogP contribution in [-0.4, -0.2) is 24.9 Å². The first-order valence-corrected chi connectivity index (χ1v) is 4.82. The van der Waals surface area contributed by atoms with E-state index in [9.17, 15) is 4.79 Å². The van der Waals surface area contributed by atoms with E-state index in [1.165, 1.54) is 11.8 Å². The van der Waals surface area contributed by atoms with E-state index in [1.807, 2.05) is 41.5 Å². The van der Waals surface area contributed by atoms with Gasteiger partial charge in [0, 0.05) is 86.4 Å². The second-order valence-electron chi connectivity index (χ2n) is 1.41. The van der Waals surface area contributed by atoms with Crippen LogP contribution in [0.3, 0.4) is 0 Å². The van der Waals surface area contributed by atoms with Gasteiger partial charge in [-0.2, -0.15) is 39.6 Å². The molecule has 2 radical (unpaired) electrons. The molecule has 0 aromatic carbocycles. The van der Waals surface area contributed by atoms with Gasteiger partial charge in [-0.3, -0.25) is 4.79 Å². The fraction of sp³-hybridized carbons (Fsp3) is 0.750. The Morgan fingerprint density at radius 2 is 0.700 bits per heavy atom. The topological polar surface area (TPSA) is 20.3 Å². The molecule has 2 nitrogen and oxygen atoms in total. The Morgan fingerprint density at radius 1 is 0.650 bits per heavy atom. The van der Waals surface area contributed by atoms with Crippen molar-refractivity contribution in [3.8, 4) is 0 Å². The second-order valence-corrected chi connectivity index (χ2v) is 1.41. The van der Waals surface area contributed by atoms with Crippen molar-refractivity contribution in [3.05, 3.63) is 14.9 Å². The predicted molar refractivity (Wildman–Crippen MR) is 116 cm³/mol. The third kappa shape index (κ3) is 163. The predicted octanol–water partition coefficient (Wildman–Crippen LogP) is 4.30. The summed E-state index contributed by atoms with van der Waals surface area (Å²) < 4.78 is 0. The monoisotopic (exact) mass is 521 g/mol. The van der Waals surface area contributed by atoms with Crippen LogP contribution in [0.2, 0.25) is 0 Å². The van der Waals surface area contributed by atoms with Crippen molar-refractivity contribution in [1.29, 1.82) is 0 Å². The smallest absolute Gasteiger partial charge is 0.218 e. The summed E-state index contributed by atoms with van der Waals surface area (Å²) in [6.45, 7) is 13.5. The normalized spacial score (nSPS) is 3.25. The Kier molecular flexibility index (Phi) is 525. The van der Waals surface area contributed by atoms with Crippen LogP contribution in [0.25, 0.3) is 0 Å². The molecule has 0 fully saturated rings. The Morgan fingerprint density at radius 3 is 0.700 bits per heavy atom. The number of nitrogens with zero attached hydrogens (tertiary/aromatic N) is 1. The van der Waals surface area contributed by atoms with Gasteiger partial charge in [-0.1, -0.05) is 41.5 Å². The first-order chi connectivity index (χ1) is 5.64. The maximum Gasteiger partial charge on any atom is 0.218 e. The van der Waals surface area contributed by atoms with Crippen molar-refractivity contribution in [2.24, 2.45) is 0 Å². The van der Waals surface area contributed by atoms with Crippen LogP contribution in [0.5, 0.6) is 0 Å². The molecule has 0 heterocycles. The van der Waals surface area contributed by atoms with Crippen molar-refractivity contribution in [3.63, 3.8) is 0 Å². The molecule has 0 aliphatic rings. The van der Waals surface area contributed by atoms with Crippen LogP contribution in [0.4, 0.5) is 0 Å². The quantitative estimate of drug-likeness (QED) is 0.344. The van der Waals surface area contributed by atoms with E-state index in [2.05, 4.69) is 0 Å². The number of amides is 1. The zero-order valence-electron chi connectivity index (χ0n) is 16.3. The van der Waals surface area contributed by atoms with E-state index in [4.69, 9.17) is 0 Å². The molecule has 4 atom stereocenters. The van der Waals surface area contributed by atoms with Gasteiger partial charge >= 0.3 is 0 Å². The van der Waals surface area contributed by atoms with E-state index < -0.39 is 0 Å². The van der Waals surface area contributed by atoms with Crippen molar-refractivity contribution in [2.75, 3.05) is 14.1 Å². The zero-order valence-corrected chi connectivity index (χ0v) is 27.7. The molecule has 0 aromatic rings. The summed E-state index contributed by atoms with van der Waals surface area (Å²) in [4.78, 5) is 11.6. The Bertz CT molecular complexity index is 84.5. The van der Waals surface area contributed by atoms with Gasteiger partial charge in [-0.05, 0) is 0 Å². The van der Waals surface area contributed by atoms with Crippen molar-refractivity contribution >= 4 is 45.5 Å². The third-order valence-electron chi connectivity index (χ3n) is 0.630. The Labute approximate surface area is 195 Å². The number of hydrogen-bond acceptors (Lipinski definition) is 1. The van der Waals surface area contributed by atoms with E-state index in [0.717, 1.165) is 0 Å². The minimum Gasteiger partial charge on any atom is -0.358 e. The minimum atomic E-state index is 0. The van der Waals surface area contributed by atoms with Crippen LogP contribution in [0.15, 0.2) is 0 Å². The fourth-order valence-corrected chi connectivity index (χ4v) is 0. The van der Waals surface area contributed by atoms with Gasteiger partial charge in [0.25, 0.3) is 0 Å². The SMILES string of the molecule is CC.CC.CC.CC(=O)N(C)C.P.P.P.P.[CH3-].[CH3-].[Y].[Y]. The van der Waals surface area contributed by atoms with Gasteiger partial charge in [0.05, 0.1) is 0 Å². The Balaban J connectivity index is -0.00000000419. The molecule has 0 aliphatic heterocycles. The van der Waals surface area contributed by atoms with E-state index in [0.29, 0.717) is 0 Å². The largest absolute Gasteiger partial charge is 0.358 e. The molecule has 8 heteroatoms. The first kappa shape index (κ1) is 90.4. The summed E-state index contributed by atoms with van der Waals surface area (Å²) in [6, 6.07) is 0. The standard InChI is InChI=1S/C4H9NO.3C2H6.2CH3.4H3P.2Y/c1-4(6)5(2)3;3*1-2;;;;;;;;/h1-3H3;3*1-2H3;6*1H3;;/q;;;;2*-1;;;;;;. The maximum atomic E-state index is 10.1. The van der Waals surface area contributed by atoms with Gasteiger partial charge in [-0.25, -0.2) is 0 Å². The summed E-state index contributed by atoms with van der Waals surface area (Å²) in [7, 11) is 3.45. The van der Waals surface area contributed by atoms with Crippen molar-refractivity contribution in [2.45, 2.75) is 48.5 Å². The molecule has 132 valence electrons. The number of carbonyl (C=O) groups is 1. The second kappa shape index (κ2) is 116.